The second kappa shape index (κ2) is 5.61. The summed E-state index contributed by atoms with van der Waals surface area (Å²) in [5.41, 5.74) is 6.18. The zero-order chi connectivity index (χ0) is 10.5. The van der Waals surface area contributed by atoms with Crippen molar-refractivity contribution in [3.8, 4) is 0 Å². The minimum absolute atomic E-state index is 0.0188. The van der Waals surface area contributed by atoms with E-state index in [1.54, 1.807) is 0 Å². The molecule has 0 aliphatic rings. The largest absolute Gasteiger partial charge is 0.324 e. The molecule has 0 radical (unpaired) electrons. The molecule has 0 saturated carbocycles. The van der Waals surface area contributed by atoms with Crippen LogP contribution in [-0.4, -0.2) is 29.6 Å². The van der Waals surface area contributed by atoms with E-state index in [0.717, 1.165) is 19.5 Å². The Morgan fingerprint density at radius 3 is 2.15 bits per heavy atom. The van der Waals surface area contributed by atoms with Gasteiger partial charge in [0.15, 0.2) is 0 Å². The zero-order valence-corrected chi connectivity index (χ0v) is 9.93. The average molecular weight is 186 g/mol. The molecule has 1 atom stereocenters. The molecule has 0 aromatic carbocycles. The third-order valence-corrected chi connectivity index (χ3v) is 2.52. The van der Waals surface area contributed by atoms with Crippen LogP contribution < -0.4 is 5.73 Å². The van der Waals surface area contributed by atoms with Crippen molar-refractivity contribution < 1.29 is 0 Å². The Kier molecular flexibility index (Phi) is 5.57. The summed E-state index contributed by atoms with van der Waals surface area (Å²) >= 11 is 0. The first-order valence-electron chi connectivity index (χ1n) is 5.46. The molecule has 0 amide bonds. The summed E-state index contributed by atoms with van der Waals surface area (Å²) in [6, 6.07) is 0.602. The standard InChI is InChI=1S/C11H26N2/c1-6-8-11(5,12)9-13(7-2)10(3)4/h10H,6-9,12H2,1-5H3. The van der Waals surface area contributed by atoms with Crippen molar-refractivity contribution in [1.29, 1.82) is 0 Å². The quantitative estimate of drug-likeness (QED) is 0.689. The van der Waals surface area contributed by atoms with Gasteiger partial charge in [-0.15, -0.1) is 0 Å². The van der Waals surface area contributed by atoms with Gasteiger partial charge in [0, 0.05) is 18.1 Å². The van der Waals surface area contributed by atoms with Gasteiger partial charge in [-0.2, -0.15) is 0 Å². The van der Waals surface area contributed by atoms with E-state index < -0.39 is 0 Å². The normalized spacial score (nSPS) is 16.6. The Morgan fingerprint density at radius 2 is 1.85 bits per heavy atom. The monoisotopic (exact) mass is 186 g/mol. The highest BCUT2D eigenvalue weighted by molar-refractivity contribution is 4.82. The lowest BCUT2D eigenvalue weighted by Gasteiger charge is -2.34. The lowest BCUT2D eigenvalue weighted by atomic mass is 9.96. The van der Waals surface area contributed by atoms with Crippen molar-refractivity contribution in [3.63, 3.8) is 0 Å². The van der Waals surface area contributed by atoms with Crippen LogP contribution in [0.15, 0.2) is 0 Å². The summed E-state index contributed by atoms with van der Waals surface area (Å²) in [6.45, 7) is 13.1. The predicted octanol–water partition coefficient (Wildman–Crippen LogP) is 2.23. The molecule has 0 spiro atoms. The molecular weight excluding hydrogens is 160 g/mol. The van der Waals surface area contributed by atoms with Gasteiger partial charge < -0.3 is 5.73 Å². The molecule has 0 aromatic heterocycles. The lowest BCUT2D eigenvalue weighted by molar-refractivity contribution is 0.179. The first-order valence-corrected chi connectivity index (χ1v) is 5.46. The zero-order valence-electron chi connectivity index (χ0n) is 9.93. The summed E-state index contributed by atoms with van der Waals surface area (Å²) in [5.74, 6) is 0. The molecule has 0 fully saturated rings. The average Bonchev–Trinajstić information content (AvgIpc) is 1.99. The second-order valence-electron chi connectivity index (χ2n) is 4.56. The Balaban J connectivity index is 4.05. The van der Waals surface area contributed by atoms with E-state index in [4.69, 9.17) is 5.73 Å². The number of nitrogens with zero attached hydrogens (tertiary/aromatic N) is 1. The van der Waals surface area contributed by atoms with Crippen LogP contribution >= 0.6 is 0 Å². The van der Waals surface area contributed by atoms with E-state index in [2.05, 4.69) is 39.5 Å². The van der Waals surface area contributed by atoms with Gasteiger partial charge in [-0.25, -0.2) is 0 Å². The van der Waals surface area contributed by atoms with Crippen molar-refractivity contribution in [2.75, 3.05) is 13.1 Å². The fourth-order valence-electron chi connectivity index (χ4n) is 1.77. The third-order valence-electron chi connectivity index (χ3n) is 2.52. The van der Waals surface area contributed by atoms with Crippen molar-refractivity contribution in [3.05, 3.63) is 0 Å². The lowest BCUT2D eigenvalue weighted by Crippen LogP contribution is -2.49. The van der Waals surface area contributed by atoms with E-state index in [0.29, 0.717) is 6.04 Å². The molecule has 0 aliphatic heterocycles. The summed E-state index contributed by atoms with van der Waals surface area (Å²) in [5, 5.41) is 0. The van der Waals surface area contributed by atoms with Crippen LogP contribution in [0.4, 0.5) is 0 Å². The van der Waals surface area contributed by atoms with Gasteiger partial charge >= 0.3 is 0 Å². The molecule has 2 nitrogen and oxygen atoms in total. The van der Waals surface area contributed by atoms with Gasteiger partial charge in [0.2, 0.25) is 0 Å². The van der Waals surface area contributed by atoms with Gasteiger partial charge in [0.05, 0.1) is 0 Å². The summed E-state index contributed by atoms with van der Waals surface area (Å²) < 4.78 is 0. The van der Waals surface area contributed by atoms with Gasteiger partial charge in [0.25, 0.3) is 0 Å². The second-order valence-corrected chi connectivity index (χ2v) is 4.56. The molecule has 1 unspecified atom stereocenters. The van der Waals surface area contributed by atoms with E-state index >= 15 is 0 Å². The summed E-state index contributed by atoms with van der Waals surface area (Å²) in [6.07, 6.45) is 2.28. The number of likely N-dealkylation sites (N-methyl/N-ethyl adjacent to an activating group) is 1. The maximum Gasteiger partial charge on any atom is 0.0254 e. The summed E-state index contributed by atoms with van der Waals surface area (Å²) in [4.78, 5) is 2.43. The minimum atomic E-state index is -0.0188. The molecule has 0 aliphatic carbocycles. The summed E-state index contributed by atoms with van der Waals surface area (Å²) in [7, 11) is 0. The van der Waals surface area contributed by atoms with Crippen molar-refractivity contribution in [2.45, 2.75) is 59.0 Å². The molecule has 13 heavy (non-hydrogen) atoms. The SMILES string of the molecule is CCCC(C)(N)CN(CC)C(C)C. The van der Waals surface area contributed by atoms with Crippen LogP contribution in [-0.2, 0) is 0 Å². The fraction of sp³-hybridized carbons (Fsp3) is 1.00. The van der Waals surface area contributed by atoms with E-state index in [-0.39, 0.29) is 5.54 Å². The van der Waals surface area contributed by atoms with Crippen LogP contribution in [0.1, 0.15) is 47.5 Å². The number of hydrogen-bond acceptors (Lipinski definition) is 2. The Hall–Kier alpha value is -0.0800. The highest BCUT2D eigenvalue weighted by atomic mass is 15.2. The van der Waals surface area contributed by atoms with E-state index in [9.17, 15) is 0 Å². The Morgan fingerprint density at radius 1 is 1.31 bits per heavy atom. The van der Waals surface area contributed by atoms with Crippen LogP contribution in [0.3, 0.4) is 0 Å². The molecule has 2 heteroatoms. The van der Waals surface area contributed by atoms with Crippen molar-refractivity contribution >= 4 is 0 Å². The van der Waals surface area contributed by atoms with E-state index in [1.807, 2.05) is 0 Å². The molecule has 0 rings (SSSR count). The van der Waals surface area contributed by atoms with Crippen molar-refractivity contribution in [2.24, 2.45) is 5.73 Å². The van der Waals surface area contributed by atoms with Crippen LogP contribution in [0, 0.1) is 0 Å². The third kappa shape index (κ3) is 5.27. The molecule has 80 valence electrons. The highest BCUT2D eigenvalue weighted by Crippen LogP contribution is 2.12. The Labute approximate surface area is 83.5 Å². The molecule has 2 N–H and O–H groups in total. The molecular formula is C11H26N2. The maximum atomic E-state index is 6.20. The van der Waals surface area contributed by atoms with Crippen LogP contribution in [0.25, 0.3) is 0 Å². The fourth-order valence-corrected chi connectivity index (χ4v) is 1.77. The van der Waals surface area contributed by atoms with Gasteiger partial charge in [-0.3, -0.25) is 4.90 Å². The number of rotatable bonds is 6. The topological polar surface area (TPSA) is 29.3 Å². The van der Waals surface area contributed by atoms with Crippen LogP contribution in [0.2, 0.25) is 0 Å². The number of hydrogen-bond donors (Lipinski definition) is 1. The van der Waals surface area contributed by atoms with Gasteiger partial charge in [-0.1, -0.05) is 20.3 Å². The van der Waals surface area contributed by atoms with Gasteiger partial charge in [0.1, 0.15) is 0 Å². The van der Waals surface area contributed by atoms with Crippen LogP contribution in [0.5, 0.6) is 0 Å². The number of nitrogens with two attached hydrogens (primary N) is 1. The Bertz CT molecular complexity index is 130. The van der Waals surface area contributed by atoms with E-state index in [1.165, 1.54) is 6.42 Å². The first-order chi connectivity index (χ1) is 5.93. The van der Waals surface area contributed by atoms with Gasteiger partial charge in [-0.05, 0) is 33.7 Å². The first kappa shape index (κ1) is 12.9. The molecule has 0 aromatic rings. The van der Waals surface area contributed by atoms with Crippen molar-refractivity contribution in [1.82, 2.24) is 4.90 Å². The maximum absolute atomic E-state index is 6.20. The molecule has 0 bridgehead atoms. The highest BCUT2D eigenvalue weighted by Gasteiger charge is 2.21. The predicted molar refractivity (Wildman–Crippen MR) is 59.9 cm³/mol. The molecule has 0 heterocycles. The molecule has 0 saturated heterocycles. The smallest absolute Gasteiger partial charge is 0.0254 e. The minimum Gasteiger partial charge on any atom is -0.324 e.